The lowest BCUT2D eigenvalue weighted by molar-refractivity contribution is -0.134. The van der Waals surface area contributed by atoms with Gasteiger partial charge in [0, 0.05) is 26.2 Å². The fourth-order valence-electron chi connectivity index (χ4n) is 3.08. The number of amides is 1. The normalized spacial score (nSPS) is 14.0. The fourth-order valence-corrected chi connectivity index (χ4v) is 3.08. The van der Waals surface area contributed by atoms with Crippen LogP contribution in [0.3, 0.4) is 0 Å². The zero-order valence-electron chi connectivity index (χ0n) is 15.7. The number of ether oxygens (including phenoxy) is 2. The smallest absolute Gasteiger partial charge is 0.338 e. The second kappa shape index (κ2) is 8.58. The number of piperazine rings is 1. The molecule has 0 unspecified atom stereocenters. The van der Waals surface area contributed by atoms with E-state index < -0.39 is 5.97 Å². The number of hydrogen-bond acceptors (Lipinski definition) is 5. The van der Waals surface area contributed by atoms with Crippen molar-refractivity contribution in [1.29, 1.82) is 0 Å². The van der Waals surface area contributed by atoms with Gasteiger partial charge < -0.3 is 19.3 Å². The van der Waals surface area contributed by atoms with E-state index in [4.69, 9.17) is 9.47 Å². The van der Waals surface area contributed by atoms with Gasteiger partial charge in [0.25, 0.3) is 5.91 Å². The van der Waals surface area contributed by atoms with Gasteiger partial charge in [0.1, 0.15) is 5.75 Å². The second-order valence-electron chi connectivity index (χ2n) is 6.48. The van der Waals surface area contributed by atoms with Crippen molar-refractivity contribution < 1.29 is 19.1 Å². The summed E-state index contributed by atoms with van der Waals surface area (Å²) >= 11 is 0. The number of methoxy groups -OCH3 is 1. The van der Waals surface area contributed by atoms with Crippen LogP contribution in [-0.2, 0) is 9.53 Å². The van der Waals surface area contributed by atoms with Gasteiger partial charge in [0.05, 0.1) is 18.4 Å². The van der Waals surface area contributed by atoms with Crippen LogP contribution in [0.1, 0.15) is 15.9 Å². The van der Waals surface area contributed by atoms with E-state index in [1.165, 1.54) is 0 Å². The average molecular weight is 368 g/mol. The molecule has 0 radical (unpaired) electrons. The highest BCUT2D eigenvalue weighted by Gasteiger charge is 2.23. The molecule has 0 aromatic heterocycles. The van der Waals surface area contributed by atoms with Gasteiger partial charge in [-0.2, -0.15) is 0 Å². The van der Waals surface area contributed by atoms with Crippen LogP contribution >= 0.6 is 0 Å². The molecule has 0 aliphatic carbocycles. The number of carbonyl (C=O) groups excluding carboxylic acids is 2. The molecular weight excluding hydrogens is 344 g/mol. The molecule has 2 aromatic carbocycles. The van der Waals surface area contributed by atoms with Crippen molar-refractivity contribution >= 4 is 17.6 Å². The van der Waals surface area contributed by atoms with Gasteiger partial charge in [-0.25, -0.2) is 4.79 Å². The first kappa shape index (κ1) is 18.8. The van der Waals surface area contributed by atoms with Crippen LogP contribution in [0.15, 0.2) is 48.5 Å². The van der Waals surface area contributed by atoms with E-state index in [0.29, 0.717) is 31.7 Å². The minimum Gasteiger partial charge on any atom is -0.495 e. The molecule has 2 aromatic rings. The van der Waals surface area contributed by atoms with Gasteiger partial charge in [-0.3, -0.25) is 4.79 Å². The molecule has 1 fully saturated rings. The van der Waals surface area contributed by atoms with E-state index in [1.807, 2.05) is 43.3 Å². The first-order valence-electron chi connectivity index (χ1n) is 8.98. The summed E-state index contributed by atoms with van der Waals surface area (Å²) in [6, 6.07) is 14.9. The molecule has 0 saturated carbocycles. The molecule has 1 heterocycles. The van der Waals surface area contributed by atoms with Crippen molar-refractivity contribution in [2.24, 2.45) is 0 Å². The summed E-state index contributed by atoms with van der Waals surface area (Å²) in [4.78, 5) is 28.3. The Bertz CT molecular complexity index is 796. The Hall–Kier alpha value is -3.02. The van der Waals surface area contributed by atoms with Crippen LogP contribution < -0.4 is 9.64 Å². The van der Waals surface area contributed by atoms with Crippen LogP contribution in [0, 0.1) is 6.92 Å². The lowest BCUT2D eigenvalue weighted by atomic mass is 10.1. The summed E-state index contributed by atoms with van der Waals surface area (Å²) in [5, 5.41) is 0. The van der Waals surface area contributed by atoms with Gasteiger partial charge in [-0.1, -0.05) is 29.8 Å². The number of rotatable bonds is 5. The van der Waals surface area contributed by atoms with Crippen molar-refractivity contribution in [3.8, 4) is 5.75 Å². The molecule has 0 bridgehead atoms. The summed E-state index contributed by atoms with van der Waals surface area (Å²) in [5.74, 6) is 0.176. The fraction of sp³-hybridized carbons (Fsp3) is 0.333. The SMILES string of the molecule is COc1ccccc1N1CCN(C(=O)COC(=O)c2ccc(C)cc2)CC1. The van der Waals surface area contributed by atoms with E-state index in [9.17, 15) is 9.59 Å². The van der Waals surface area contributed by atoms with Gasteiger partial charge in [-0.15, -0.1) is 0 Å². The monoisotopic (exact) mass is 368 g/mol. The maximum absolute atomic E-state index is 12.4. The van der Waals surface area contributed by atoms with Crippen molar-refractivity contribution in [2.75, 3.05) is 44.8 Å². The van der Waals surface area contributed by atoms with Gasteiger partial charge >= 0.3 is 5.97 Å². The quantitative estimate of drug-likeness (QED) is 0.759. The Morgan fingerprint density at radius 1 is 0.963 bits per heavy atom. The summed E-state index contributed by atoms with van der Waals surface area (Å²) in [7, 11) is 1.65. The third kappa shape index (κ3) is 4.58. The summed E-state index contributed by atoms with van der Waals surface area (Å²) in [5.41, 5.74) is 2.54. The van der Waals surface area contributed by atoms with Crippen LogP contribution in [-0.4, -0.2) is 56.7 Å². The number of esters is 1. The van der Waals surface area contributed by atoms with E-state index in [1.54, 1.807) is 24.1 Å². The first-order valence-corrected chi connectivity index (χ1v) is 8.98. The molecular formula is C21H24N2O4. The molecule has 0 N–H and O–H groups in total. The van der Waals surface area contributed by atoms with Crippen molar-refractivity contribution in [3.05, 3.63) is 59.7 Å². The second-order valence-corrected chi connectivity index (χ2v) is 6.48. The summed E-state index contributed by atoms with van der Waals surface area (Å²) < 4.78 is 10.6. The van der Waals surface area contributed by atoms with Gasteiger partial charge in [0.2, 0.25) is 0 Å². The molecule has 142 valence electrons. The van der Waals surface area contributed by atoms with Crippen molar-refractivity contribution in [1.82, 2.24) is 4.90 Å². The Morgan fingerprint density at radius 2 is 1.63 bits per heavy atom. The molecule has 1 saturated heterocycles. The molecule has 6 heteroatoms. The molecule has 3 rings (SSSR count). The number of benzene rings is 2. The number of carbonyl (C=O) groups is 2. The van der Waals surface area contributed by atoms with Crippen molar-refractivity contribution in [2.45, 2.75) is 6.92 Å². The largest absolute Gasteiger partial charge is 0.495 e. The first-order chi connectivity index (χ1) is 13.1. The molecule has 1 aliphatic heterocycles. The standard InChI is InChI=1S/C21H24N2O4/c1-16-7-9-17(10-8-16)21(25)27-15-20(24)23-13-11-22(12-14-23)18-5-3-4-6-19(18)26-2/h3-10H,11-15H2,1-2H3. The minimum atomic E-state index is -0.476. The van der Waals surface area contributed by atoms with Crippen LogP contribution in [0.25, 0.3) is 0 Å². The highest BCUT2D eigenvalue weighted by Crippen LogP contribution is 2.28. The van der Waals surface area contributed by atoms with Crippen LogP contribution in [0.2, 0.25) is 0 Å². The lowest BCUT2D eigenvalue weighted by Crippen LogP contribution is -2.50. The van der Waals surface area contributed by atoms with Crippen LogP contribution in [0.4, 0.5) is 5.69 Å². The average Bonchev–Trinajstić information content (AvgIpc) is 2.72. The van der Waals surface area contributed by atoms with E-state index in [2.05, 4.69) is 4.90 Å². The number of anilines is 1. The highest BCUT2D eigenvalue weighted by atomic mass is 16.5. The molecule has 6 nitrogen and oxygen atoms in total. The molecule has 1 amide bonds. The number of aryl methyl sites for hydroxylation is 1. The van der Waals surface area contributed by atoms with Gasteiger partial charge in [0.15, 0.2) is 6.61 Å². The zero-order chi connectivity index (χ0) is 19.2. The predicted octanol–water partition coefficient (Wildman–Crippen LogP) is 2.51. The highest BCUT2D eigenvalue weighted by molar-refractivity contribution is 5.91. The molecule has 0 atom stereocenters. The Kier molecular flexibility index (Phi) is 5.96. The minimum absolute atomic E-state index is 0.171. The third-order valence-electron chi connectivity index (χ3n) is 4.67. The maximum Gasteiger partial charge on any atom is 0.338 e. The van der Waals surface area contributed by atoms with Crippen molar-refractivity contribution in [3.63, 3.8) is 0 Å². The number of nitrogens with zero attached hydrogens (tertiary/aromatic N) is 2. The van der Waals surface area contributed by atoms with Gasteiger partial charge in [-0.05, 0) is 31.2 Å². The van der Waals surface area contributed by atoms with E-state index >= 15 is 0 Å². The Labute approximate surface area is 159 Å². The third-order valence-corrected chi connectivity index (χ3v) is 4.67. The number of para-hydroxylation sites is 2. The molecule has 27 heavy (non-hydrogen) atoms. The van der Waals surface area contributed by atoms with Crippen LogP contribution in [0.5, 0.6) is 5.75 Å². The summed E-state index contributed by atoms with van der Waals surface area (Å²) in [6.07, 6.45) is 0. The van der Waals surface area contributed by atoms with E-state index in [-0.39, 0.29) is 12.5 Å². The lowest BCUT2D eigenvalue weighted by Gasteiger charge is -2.36. The topological polar surface area (TPSA) is 59.1 Å². The maximum atomic E-state index is 12.4. The zero-order valence-corrected chi connectivity index (χ0v) is 15.7. The Balaban J connectivity index is 1.50. The number of hydrogen-bond donors (Lipinski definition) is 0. The molecule has 0 spiro atoms. The predicted molar refractivity (Wildman–Crippen MR) is 103 cm³/mol. The van der Waals surface area contributed by atoms with E-state index in [0.717, 1.165) is 17.0 Å². The summed E-state index contributed by atoms with van der Waals surface area (Å²) in [6.45, 7) is 4.29. The molecule has 1 aliphatic rings. The Morgan fingerprint density at radius 3 is 2.30 bits per heavy atom.